The van der Waals surface area contributed by atoms with E-state index in [4.69, 9.17) is 10.2 Å². The van der Waals surface area contributed by atoms with Crippen molar-refractivity contribution in [2.45, 2.75) is 34.1 Å². The predicted octanol–water partition coefficient (Wildman–Crippen LogP) is 1.35. The average molecular weight is 205 g/mol. The average Bonchev–Trinajstić information content (AvgIpc) is 2.18. The van der Waals surface area contributed by atoms with E-state index in [0.29, 0.717) is 19.0 Å². The molecule has 0 heterocycles. The fraction of sp³-hybridized carbons (Fsp3) is 1.00. The van der Waals surface area contributed by atoms with Crippen molar-refractivity contribution in [1.82, 2.24) is 4.90 Å². The molecular weight excluding hydrogens is 178 g/mol. The molecule has 0 fully saturated rings. The standard InChI is InChI=1S/C9H21NO2.C2H6/c1-9(2)3-4-10(5-7-11)6-8-12;1-2/h9,11-12H,3-8H2,1-2H3;1-2H3. The summed E-state index contributed by atoms with van der Waals surface area (Å²) in [6, 6.07) is 0. The van der Waals surface area contributed by atoms with Crippen LogP contribution in [0.15, 0.2) is 0 Å². The molecule has 0 saturated carbocycles. The smallest absolute Gasteiger partial charge is 0.0558 e. The van der Waals surface area contributed by atoms with Crippen molar-refractivity contribution < 1.29 is 10.2 Å². The lowest BCUT2D eigenvalue weighted by Crippen LogP contribution is -2.31. The quantitative estimate of drug-likeness (QED) is 0.659. The first-order valence-corrected chi connectivity index (χ1v) is 5.64. The maximum atomic E-state index is 8.71. The highest BCUT2D eigenvalue weighted by Gasteiger charge is 2.03. The Kier molecular flexibility index (Phi) is 15.0. The molecule has 0 saturated heterocycles. The Morgan fingerprint density at radius 1 is 0.929 bits per heavy atom. The summed E-state index contributed by atoms with van der Waals surface area (Å²) in [6.07, 6.45) is 1.12. The van der Waals surface area contributed by atoms with Gasteiger partial charge in [0, 0.05) is 13.1 Å². The Morgan fingerprint density at radius 2 is 1.36 bits per heavy atom. The summed E-state index contributed by atoms with van der Waals surface area (Å²) in [7, 11) is 0. The van der Waals surface area contributed by atoms with Gasteiger partial charge in [-0.05, 0) is 18.9 Å². The lowest BCUT2D eigenvalue weighted by molar-refractivity contribution is 0.156. The second-order valence-electron chi connectivity index (χ2n) is 3.47. The number of hydrogen-bond donors (Lipinski definition) is 2. The summed E-state index contributed by atoms with van der Waals surface area (Å²) in [4.78, 5) is 2.08. The molecule has 0 aromatic rings. The zero-order chi connectivity index (χ0) is 11.4. The molecule has 14 heavy (non-hydrogen) atoms. The van der Waals surface area contributed by atoms with E-state index >= 15 is 0 Å². The van der Waals surface area contributed by atoms with Crippen molar-refractivity contribution in [3.8, 4) is 0 Å². The van der Waals surface area contributed by atoms with Gasteiger partial charge < -0.3 is 10.2 Å². The van der Waals surface area contributed by atoms with Gasteiger partial charge in [-0.3, -0.25) is 4.90 Å². The summed E-state index contributed by atoms with van der Waals surface area (Å²) in [5.41, 5.74) is 0. The van der Waals surface area contributed by atoms with Crippen LogP contribution in [0.3, 0.4) is 0 Å². The monoisotopic (exact) mass is 205 g/mol. The Hall–Kier alpha value is -0.120. The molecule has 0 bridgehead atoms. The Balaban J connectivity index is 0. The molecule has 0 radical (unpaired) electrons. The first-order valence-electron chi connectivity index (χ1n) is 5.64. The molecule has 0 aliphatic heterocycles. The highest BCUT2D eigenvalue weighted by molar-refractivity contribution is 4.57. The summed E-state index contributed by atoms with van der Waals surface area (Å²) in [6.45, 7) is 11.0. The predicted molar refractivity (Wildman–Crippen MR) is 61.4 cm³/mol. The zero-order valence-corrected chi connectivity index (χ0v) is 10.2. The highest BCUT2D eigenvalue weighted by Crippen LogP contribution is 2.01. The van der Waals surface area contributed by atoms with E-state index in [0.717, 1.165) is 13.0 Å². The molecule has 3 heteroatoms. The van der Waals surface area contributed by atoms with Gasteiger partial charge in [0.25, 0.3) is 0 Å². The van der Waals surface area contributed by atoms with Crippen LogP contribution in [0.1, 0.15) is 34.1 Å². The van der Waals surface area contributed by atoms with E-state index in [9.17, 15) is 0 Å². The van der Waals surface area contributed by atoms with Gasteiger partial charge in [-0.2, -0.15) is 0 Å². The third-order valence-corrected chi connectivity index (χ3v) is 1.86. The van der Waals surface area contributed by atoms with E-state index < -0.39 is 0 Å². The first-order chi connectivity index (χ1) is 6.70. The van der Waals surface area contributed by atoms with Crippen LogP contribution in [0, 0.1) is 5.92 Å². The fourth-order valence-corrected chi connectivity index (χ4v) is 1.06. The van der Waals surface area contributed by atoms with E-state index in [2.05, 4.69) is 18.7 Å². The third-order valence-electron chi connectivity index (χ3n) is 1.86. The van der Waals surface area contributed by atoms with Gasteiger partial charge in [0.2, 0.25) is 0 Å². The summed E-state index contributed by atoms with van der Waals surface area (Å²) in [5.74, 6) is 0.685. The summed E-state index contributed by atoms with van der Waals surface area (Å²) in [5, 5.41) is 17.4. The van der Waals surface area contributed by atoms with Crippen LogP contribution < -0.4 is 0 Å². The number of aliphatic hydroxyl groups is 2. The minimum atomic E-state index is 0.179. The second kappa shape index (κ2) is 12.9. The highest BCUT2D eigenvalue weighted by atomic mass is 16.3. The second-order valence-corrected chi connectivity index (χ2v) is 3.47. The van der Waals surface area contributed by atoms with E-state index in [-0.39, 0.29) is 13.2 Å². The molecule has 0 amide bonds. The van der Waals surface area contributed by atoms with Gasteiger partial charge in [-0.15, -0.1) is 0 Å². The van der Waals surface area contributed by atoms with Crippen LogP contribution >= 0.6 is 0 Å². The molecule has 0 unspecified atom stereocenters. The fourth-order valence-electron chi connectivity index (χ4n) is 1.06. The van der Waals surface area contributed by atoms with Gasteiger partial charge in [0.05, 0.1) is 13.2 Å². The normalized spacial score (nSPS) is 10.3. The molecule has 2 N–H and O–H groups in total. The van der Waals surface area contributed by atoms with Gasteiger partial charge in [0.15, 0.2) is 0 Å². The van der Waals surface area contributed by atoms with E-state index in [1.807, 2.05) is 13.8 Å². The van der Waals surface area contributed by atoms with Crippen molar-refractivity contribution in [1.29, 1.82) is 0 Å². The van der Waals surface area contributed by atoms with Crippen molar-refractivity contribution in [3.05, 3.63) is 0 Å². The SMILES string of the molecule is CC.CC(C)CCN(CCO)CCO. The van der Waals surface area contributed by atoms with E-state index in [1.54, 1.807) is 0 Å². The molecular formula is C11H27NO2. The van der Waals surface area contributed by atoms with Gasteiger partial charge >= 0.3 is 0 Å². The van der Waals surface area contributed by atoms with Crippen LogP contribution in [0.25, 0.3) is 0 Å². The molecule has 0 rings (SSSR count). The molecule has 88 valence electrons. The van der Waals surface area contributed by atoms with Crippen LogP contribution in [0.5, 0.6) is 0 Å². The lowest BCUT2D eigenvalue weighted by atomic mass is 10.1. The van der Waals surface area contributed by atoms with Crippen LogP contribution in [0.2, 0.25) is 0 Å². The first kappa shape index (κ1) is 16.3. The molecule has 0 atom stereocenters. The van der Waals surface area contributed by atoms with Gasteiger partial charge in [-0.1, -0.05) is 27.7 Å². The van der Waals surface area contributed by atoms with Crippen molar-refractivity contribution >= 4 is 0 Å². The number of rotatable bonds is 7. The number of hydrogen-bond acceptors (Lipinski definition) is 3. The third kappa shape index (κ3) is 11.9. The van der Waals surface area contributed by atoms with Crippen LogP contribution in [-0.4, -0.2) is 48.0 Å². The molecule has 0 aliphatic rings. The maximum Gasteiger partial charge on any atom is 0.0558 e. The lowest BCUT2D eigenvalue weighted by Gasteiger charge is -2.20. The summed E-state index contributed by atoms with van der Waals surface area (Å²) >= 11 is 0. The van der Waals surface area contributed by atoms with Gasteiger partial charge in [-0.25, -0.2) is 0 Å². The number of aliphatic hydroxyl groups excluding tert-OH is 2. The maximum absolute atomic E-state index is 8.71. The molecule has 0 spiro atoms. The Morgan fingerprint density at radius 3 is 1.64 bits per heavy atom. The number of nitrogens with zero attached hydrogens (tertiary/aromatic N) is 1. The molecule has 3 nitrogen and oxygen atoms in total. The minimum Gasteiger partial charge on any atom is -0.395 e. The topological polar surface area (TPSA) is 43.7 Å². The minimum absolute atomic E-state index is 0.179. The Labute approximate surface area is 88.7 Å². The van der Waals surface area contributed by atoms with E-state index in [1.165, 1.54) is 0 Å². The van der Waals surface area contributed by atoms with Crippen molar-refractivity contribution in [2.24, 2.45) is 5.92 Å². The molecule has 0 aliphatic carbocycles. The van der Waals surface area contributed by atoms with Crippen molar-refractivity contribution in [2.75, 3.05) is 32.8 Å². The van der Waals surface area contributed by atoms with Gasteiger partial charge in [0.1, 0.15) is 0 Å². The molecule has 0 aromatic carbocycles. The van der Waals surface area contributed by atoms with Crippen molar-refractivity contribution in [3.63, 3.8) is 0 Å². The largest absolute Gasteiger partial charge is 0.395 e. The summed E-state index contributed by atoms with van der Waals surface area (Å²) < 4.78 is 0. The Bertz CT molecular complexity index is 91.3. The zero-order valence-electron chi connectivity index (χ0n) is 10.2. The van der Waals surface area contributed by atoms with Crippen LogP contribution in [0.4, 0.5) is 0 Å². The molecule has 0 aromatic heterocycles. The van der Waals surface area contributed by atoms with Crippen LogP contribution in [-0.2, 0) is 0 Å².